The van der Waals surface area contributed by atoms with Gasteiger partial charge in [0, 0.05) is 12.6 Å². The predicted molar refractivity (Wildman–Crippen MR) is 143 cm³/mol. The summed E-state index contributed by atoms with van der Waals surface area (Å²) in [5.41, 5.74) is 2.12. The van der Waals surface area contributed by atoms with Crippen LogP contribution in [-0.4, -0.2) is 35.4 Å². The number of hydrogen-bond acceptors (Lipinski definition) is 3. The molecule has 1 aliphatic rings. The summed E-state index contributed by atoms with van der Waals surface area (Å²) in [6, 6.07) is 19.5. The Hall–Kier alpha value is -2.86. The first-order chi connectivity index (χ1) is 17.0. The maximum Gasteiger partial charge on any atom is 0.261 e. The monoisotopic (exact) mass is 536 g/mol. The molecule has 4 rings (SSSR count). The van der Waals surface area contributed by atoms with Crippen molar-refractivity contribution in [1.29, 1.82) is 0 Å². The third kappa shape index (κ3) is 6.04. The molecule has 5 nitrogen and oxygen atoms in total. The summed E-state index contributed by atoms with van der Waals surface area (Å²) in [4.78, 5) is 28.5. The molecular weight excluding hydrogens is 504 g/mol. The van der Waals surface area contributed by atoms with Gasteiger partial charge < -0.3 is 15.0 Å². The van der Waals surface area contributed by atoms with Crippen molar-refractivity contribution in [2.24, 2.45) is 0 Å². The Balaban J connectivity index is 1.54. The van der Waals surface area contributed by atoms with Crippen molar-refractivity contribution in [3.05, 3.63) is 76.3 Å². The molecule has 1 saturated carbocycles. The van der Waals surface area contributed by atoms with Gasteiger partial charge in [-0.25, -0.2) is 0 Å². The minimum absolute atomic E-state index is 0.0757. The van der Waals surface area contributed by atoms with Crippen LogP contribution in [0, 0.1) is 6.92 Å². The molecule has 6 heteroatoms. The molecule has 1 fully saturated rings. The number of hydrogen-bond donors (Lipinski definition) is 1. The van der Waals surface area contributed by atoms with Crippen LogP contribution >= 0.6 is 15.9 Å². The molecule has 2 amide bonds. The van der Waals surface area contributed by atoms with Crippen molar-refractivity contribution < 1.29 is 14.3 Å². The minimum atomic E-state index is -0.550. The highest BCUT2D eigenvalue weighted by molar-refractivity contribution is 9.10. The molecule has 35 heavy (non-hydrogen) atoms. The standard InChI is InChI=1S/C29H33BrN2O3/c1-3-25(29(34)31-23-13-7-8-14-23)32(18-22-12-5-4-10-20(22)2)27(33)19-35-26-17-16-21-11-6-9-15-24(21)28(26)30/h4-6,9-12,15-17,23,25H,3,7-8,13-14,18-19H2,1-2H3,(H,31,34)/t25-/m0/s1. The Morgan fingerprint density at radius 2 is 1.77 bits per heavy atom. The van der Waals surface area contributed by atoms with Gasteiger partial charge in [0.25, 0.3) is 5.91 Å². The zero-order valence-corrected chi connectivity index (χ0v) is 22.0. The average molecular weight is 537 g/mol. The number of carbonyl (C=O) groups is 2. The normalized spacial score (nSPS) is 14.6. The van der Waals surface area contributed by atoms with E-state index in [0.717, 1.165) is 52.1 Å². The van der Waals surface area contributed by atoms with Crippen molar-refractivity contribution in [2.75, 3.05) is 6.61 Å². The summed E-state index contributed by atoms with van der Waals surface area (Å²) >= 11 is 3.63. The molecule has 0 aliphatic heterocycles. The first-order valence-electron chi connectivity index (χ1n) is 12.4. The molecule has 0 heterocycles. The molecule has 0 unspecified atom stereocenters. The zero-order chi connectivity index (χ0) is 24.8. The van der Waals surface area contributed by atoms with E-state index in [-0.39, 0.29) is 24.5 Å². The lowest BCUT2D eigenvalue weighted by Gasteiger charge is -2.32. The van der Waals surface area contributed by atoms with E-state index in [0.29, 0.717) is 18.7 Å². The minimum Gasteiger partial charge on any atom is -0.483 e. The topological polar surface area (TPSA) is 58.6 Å². The average Bonchev–Trinajstić information content (AvgIpc) is 3.37. The van der Waals surface area contributed by atoms with Crippen LogP contribution in [0.4, 0.5) is 0 Å². The van der Waals surface area contributed by atoms with Crippen molar-refractivity contribution in [1.82, 2.24) is 10.2 Å². The lowest BCUT2D eigenvalue weighted by molar-refractivity contribution is -0.143. The van der Waals surface area contributed by atoms with E-state index in [2.05, 4.69) is 21.2 Å². The van der Waals surface area contributed by atoms with E-state index in [1.807, 2.05) is 74.5 Å². The van der Waals surface area contributed by atoms with E-state index in [1.54, 1.807) is 4.90 Å². The van der Waals surface area contributed by atoms with Gasteiger partial charge in [0.05, 0.1) is 4.47 Å². The van der Waals surface area contributed by atoms with Gasteiger partial charge in [-0.3, -0.25) is 9.59 Å². The van der Waals surface area contributed by atoms with Crippen molar-refractivity contribution in [2.45, 2.75) is 64.6 Å². The van der Waals surface area contributed by atoms with Crippen LogP contribution in [0.15, 0.2) is 65.1 Å². The summed E-state index contributed by atoms with van der Waals surface area (Å²) in [7, 11) is 0. The van der Waals surface area contributed by atoms with E-state index in [4.69, 9.17) is 4.74 Å². The molecule has 0 spiro atoms. The molecule has 0 saturated heterocycles. The number of nitrogens with one attached hydrogen (secondary N) is 1. The summed E-state index contributed by atoms with van der Waals surface area (Å²) < 4.78 is 6.81. The highest BCUT2D eigenvalue weighted by atomic mass is 79.9. The first-order valence-corrected chi connectivity index (χ1v) is 13.2. The number of carbonyl (C=O) groups excluding carboxylic acids is 2. The number of aryl methyl sites for hydroxylation is 1. The molecule has 184 valence electrons. The Kier molecular flexibility index (Phi) is 8.45. The fourth-order valence-electron chi connectivity index (χ4n) is 4.81. The third-order valence-corrected chi connectivity index (χ3v) is 7.69. The van der Waals surface area contributed by atoms with E-state index >= 15 is 0 Å². The van der Waals surface area contributed by atoms with Gasteiger partial charge in [0.1, 0.15) is 11.8 Å². The van der Waals surface area contributed by atoms with Crippen molar-refractivity contribution in [3.8, 4) is 5.75 Å². The maximum atomic E-state index is 13.6. The van der Waals surface area contributed by atoms with E-state index in [1.165, 1.54) is 0 Å². The second-order valence-corrected chi connectivity index (χ2v) is 10.0. The van der Waals surface area contributed by atoms with Crippen LogP contribution in [0.25, 0.3) is 10.8 Å². The van der Waals surface area contributed by atoms with Crippen LogP contribution in [0.2, 0.25) is 0 Å². The SMILES string of the molecule is CC[C@@H](C(=O)NC1CCCC1)N(Cc1ccccc1C)C(=O)COc1ccc2ccccc2c1Br. The van der Waals surface area contributed by atoms with Crippen molar-refractivity contribution >= 4 is 38.5 Å². The quantitative estimate of drug-likeness (QED) is 0.356. The Morgan fingerprint density at radius 1 is 1.06 bits per heavy atom. The van der Waals surface area contributed by atoms with Crippen LogP contribution < -0.4 is 10.1 Å². The molecule has 0 bridgehead atoms. The second-order valence-electron chi connectivity index (χ2n) is 9.25. The highest BCUT2D eigenvalue weighted by Gasteiger charge is 2.31. The van der Waals surface area contributed by atoms with Gasteiger partial charge >= 0.3 is 0 Å². The largest absolute Gasteiger partial charge is 0.483 e. The third-order valence-electron chi connectivity index (χ3n) is 6.87. The van der Waals surface area contributed by atoms with Crippen LogP contribution in [-0.2, 0) is 16.1 Å². The summed E-state index contributed by atoms with van der Waals surface area (Å²) in [6.45, 7) is 4.21. The zero-order valence-electron chi connectivity index (χ0n) is 20.4. The Bertz CT molecular complexity index is 1190. The number of amides is 2. The summed E-state index contributed by atoms with van der Waals surface area (Å²) in [5.74, 6) is 0.325. The molecule has 1 N–H and O–H groups in total. The van der Waals surface area contributed by atoms with Crippen LogP contribution in [0.1, 0.15) is 50.2 Å². The first kappa shape index (κ1) is 25.2. The lowest BCUT2D eigenvalue weighted by atomic mass is 10.1. The van der Waals surface area contributed by atoms with Gasteiger partial charge in [-0.1, -0.05) is 74.4 Å². The summed E-state index contributed by atoms with van der Waals surface area (Å²) in [5, 5.41) is 5.30. The lowest BCUT2D eigenvalue weighted by Crippen LogP contribution is -2.52. The maximum absolute atomic E-state index is 13.6. The fraction of sp³-hybridized carbons (Fsp3) is 0.379. The van der Waals surface area contributed by atoms with Gasteiger partial charge in [-0.05, 0) is 70.1 Å². The summed E-state index contributed by atoms with van der Waals surface area (Å²) in [6.07, 6.45) is 4.83. The van der Waals surface area contributed by atoms with Gasteiger partial charge in [0.2, 0.25) is 5.91 Å². The number of benzene rings is 3. The number of fused-ring (bicyclic) bond motifs is 1. The molecule has 1 aliphatic carbocycles. The predicted octanol–water partition coefficient (Wildman–Crippen LogP) is 6.16. The van der Waals surface area contributed by atoms with Crippen LogP contribution in [0.5, 0.6) is 5.75 Å². The highest BCUT2D eigenvalue weighted by Crippen LogP contribution is 2.33. The molecule has 3 aromatic rings. The number of halogens is 1. The van der Waals surface area contributed by atoms with Gasteiger partial charge in [-0.15, -0.1) is 0 Å². The molecule has 0 aromatic heterocycles. The Labute approximate surface area is 216 Å². The number of nitrogens with zero attached hydrogens (tertiary/aromatic N) is 1. The molecule has 3 aromatic carbocycles. The van der Waals surface area contributed by atoms with E-state index in [9.17, 15) is 9.59 Å². The second kappa shape index (κ2) is 11.7. The molecule has 1 atom stereocenters. The van der Waals surface area contributed by atoms with Gasteiger partial charge in [-0.2, -0.15) is 0 Å². The van der Waals surface area contributed by atoms with Crippen molar-refractivity contribution in [3.63, 3.8) is 0 Å². The number of ether oxygens (including phenoxy) is 1. The number of rotatable bonds is 9. The Morgan fingerprint density at radius 3 is 2.51 bits per heavy atom. The van der Waals surface area contributed by atoms with Crippen LogP contribution in [0.3, 0.4) is 0 Å². The smallest absolute Gasteiger partial charge is 0.261 e. The molecule has 0 radical (unpaired) electrons. The van der Waals surface area contributed by atoms with E-state index < -0.39 is 6.04 Å². The molecular formula is C29H33BrN2O3. The van der Waals surface area contributed by atoms with Gasteiger partial charge in [0.15, 0.2) is 6.61 Å². The fourth-order valence-corrected chi connectivity index (χ4v) is 5.41.